The Morgan fingerprint density at radius 2 is 2.10 bits per heavy atom. The molecule has 0 aromatic rings. The van der Waals surface area contributed by atoms with Crippen molar-refractivity contribution in [2.24, 2.45) is 11.8 Å². The minimum Gasteiger partial charge on any atom is -0.393 e. The van der Waals surface area contributed by atoms with Gasteiger partial charge in [0.05, 0.1) is 6.10 Å². The minimum atomic E-state index is -0.00204. The van der Waals surface area contributed by atoms with E-state index in [1.54, 1.807) is 0 Å². The third-order valence-corrected chi connectivity index (χ3v) is 2.84. The van der Waals surface area contributed by atoms with Gasteiger partial charge in [0.15, 0.2) is 0 Å². The van der Waals surface area contributed by atoms with E-state index in [0.29, 0.717) is 0 Å². The second-order valence-corrected chi connectivity index (χ2v) is 3.61. The zero-order valence-corrected chi connectivity index (χ0v) is 7.01. The first-order valence-electron chi connectivity index (χ1n) is 4.42. The van der Waals surface area contributed by atoms with Crippen molar-refractivity contribution in [3.63, 3.8) is 0 Å². The van der Waals surface area contributed by atoms with Crippen LogP contribution < -0.4 is 0 Å². The molecule has 60 valence electrons. The molecule has 1 aliphatic rings. The normalized spacial score (nSPS) is 41.7. The molecule has 3 atom stereocenters. The van der Waals surface area contributed by atoms with Gasteiger partial charge in [0.2, 0.25) is 0 Å². The van der Waals surface area contributed by atoms with Gasteiger partial charge in [0.1, 0.15) is 0 Å². The highest BCUT2D eigenvalue weighted by atomic mass is 16.3. The number of aliphatic hydroxyl groups is 1. The average molecular weight is 142 g/mol. The summed E-state index contributed by atoms with van der Waals surface area (Å²) in [6.07, 6.45) is 4.58. The third-order valence-electron chi connectivity index (χ3n) is 2.84. The maximum Gasteiger partial charge on any atom is 0.0543 e. The fourth-order valence-corrected chi connectivity index (χ4v) is 2.04. The molecular weight excluding hydrogens is 124 g/mol. The lowest BCUT2D eigenvalue weighted by Gasteiger charge is -2.30. The van der Waals surface area contributed by atoms with Crippen LogP contribution in [0.5, 0.6) is 0 Å². The van der Waals surface area contributed by atoms with E-state index < -0.39 is 0 Å². The summed E-state index contributed by atoms with van der Waals surface area (Å²) >= 11 is 0. The van der Waals surface area contributed by atoms with Crippen molar-refractivity contribution in [3.8, 4) is 0 Å². The summed E-state index contributed by atoms with van der Waals surface area (Å²) in [5.41, 5.74) is 0. The van der Waals surface area contributed by atoms with Crippen LogP contribution in [-0.2, 0) is 0 Å². The van der Waals surface area contributed by atoms with Gasteiger partial charge in [-0.15, -0.1) is 0 Å². The first-order chi connectivity index (χ1) is 4.74. The van der Waals surface area contributed by atoms with E-state index in [1.807, 2.05) is 0 Å². The topological polar surface area (TPSA) is 20.2 Å². The van der Waals surface area contributed by atoms with Crippen LogP contribution in [0.4, 0.5) is 0 Å². The monoisotopic (exact) mass is 142 g/mol. The van der Waals surface area contributed by atoms with Crippen LogP contribution in [0.1, 0.15) is 39.5 Å². The van der Waals surface area contributed by atoms with Crippen molar-refractivity contribution in [1.29, 1.82) is 0 Å². The summed E-state index contributed by atoms with van der Waals surface area (Å²) in [4.78, 5) is 0. The van der Waals surface area contributed by atoms with Gasteiger partial charge in [-0.2, -0.15) is 0 Å². The van der Waals surface area contributed by atoms with Crippen LogP contribution in [0.2, 0.25) is 0 Å². The van der Waals surface area contributed by atoms with Gasteiger partial charge in [0, 0.05) is 0 Å². The Morgan fingerprint density at radius 1 is 1.40 bits per heavy atom. The molecule has 1 heteroatoms. The summed E-state index contributed by atoms with van der Waals surface area (Å²) in [5, 5.41) is 9.29. The van der Waals surface area contributed by atoms with Crippen molar-refractivity contribution in [3.05, 3.63) is 0 Å². The molecule has 1 saturated carbocycles. The molecule has 0 radical (unpaired) electrons. The van der Waals surface area contributed by atoms with Crippen LogP contribution in [-0.4, -0.2) is 11.2 Å². The highest BCUT2D eigenvalue weighted by Crippen LogP contribution is 2.31. The second kappa shape index (κ2) is 3.38. The summed E-state index contributed by atoms with van der Waals surface area (Å²) in [6, 6.07) is 0. The molecule has 1 nitrogen and oxygen atoms in total. The van der Waals surface area contributed by atoms with E-state index in [9.17, 15) is 5.11 Å². The zero-order valence-electron chi connectivity index (χ0n) is 7.01. The number of rotatable bonds is 1. The minimum absolute atomic E-state index is 0.00204. The summed E-state index contributed by atoms with van der Waals surface area (Å²) in [6.45, 7) is 4.51. The molecule has 0 aromatic heterocycles. The molecule has 0 saturated heterocycles. The van der Waals surface area contributed by atoms with Gasteiger partial charge in [-0.1, -0.05) is 20.3 Å². The standard InChI is InChI=1S/C9H18O/c1-3-8-4-5-9(10)6-7(8)2/h7-10H,3-6H2,1-2H3. The van der Waals surface area contributed by atoms with E-state index in [2.05, 4.69) is 13.8 Å². The average Bonchev–Trinajstić information content (AvgIpc) is 1.88. The lowest BCUT2D eigenvalue weighted by molar-refractivity contribution is 0.0740. The second-order valence-electron chi connectivity index (χ2n) is 3.61. The Bertz CT molecular complexity index is 101. The maximum absolute atomic E-state index is 9.29. The molecule has 0 spiro atoms. The van der Waals surface area contributed by atoms with Crippen LogP contribution in [0.25, 0.3) is 0 Å². The first kappa shape index (κ1) is 8.06. The summed E-state index contributed by atoms with van der Waals surface area (Å²) in [7, 11) is 0. The quantitative estimate of drug-likeness (QED) is 0.595. The fourth-order valence-electron chi connectivity index (χ4n) is 2.04. The molecule has 1 aliphatic carbocycles. The van der Waals surface area contributed by atoms with Gasteiger partial charge >= 0.3 is 0 Å². The van der Waals surface area contributed by atoms with Crippen LogP contribution in [0, 0.1) is 11.8 Å². The van der Waals surface area contributed by atoms with Crippen molar-refractivity contribution >= 4 is 0 Å². The predicted molar refractivity (Wildman–Crippen MR) is 42.8 cm³/mol. The molecule has 0 bridgehead atoms. The molecule has 1 fully saturated rings. The molecule has 1 N–H and O–H groups in total. The molecule has 0 aliphatic heterocycles. The van der Waals surface area contributed by atoms with Crippen molar-refractivity contribution < 1.29 is 5.11 Å². The zero-order chi connectivity index (χ0) is 7.56. The van der Waals surface area contributed by atoms with E-state index >= 15 is 0 Å². The SMILES string of the molecule is CCC1CCC(O)CC1C. The fraction of sp³-hybridized carbons (Fsp3) is 1.00. The van der Waals surface area contributed by atoms with Crippen molar-refractivity contribution in [1.82, 2.24) is 0 Å². The Hall–Kier alpha value is -0.0400. The van der Waals surface area contributed by atoms with Crippen molar-refractivity contribution in [2.45, 2.75) is 45.6 Å². The Balaban J connectivity index is 2.36. The van der Waals surface area contributed by atoms with E-state index in [-0.39, 0.29) is 6.10 Å². The summed E-state index contributed by atoms with van der Waals surface area (Å²) in [5.74, 6) is 1.62. The Kier molecular flexibility index (Phi) is 2.72. The lowest BCUT2D eigenvalue weighted by Crippen LogP contribution is -2.25. The van der Waals surface area contributed by atoms with Gasteiger partial charge in [-0.25, -0.2) is 0 Å². The maximum atomic E-state index is 9.29. The van der Waals surface area contributed by atoms with Crippen LogP contribution in [0.15, 0.2) is 0 Å². The van der Waals surface area contributed by atoms with Gasteiger partial charge in [-0.3, -0.25) is 0 Å². The largest absolute Gasteiger partial charge is 0.393 e. The Labute approximate surface area is 63.4 Å². The molecule has 0 amide bonds. The highest BCUT2D eigenvalue weighted by molar-refractivity contribution is 4.75. The molecule has 0 heterocycles. The number of hydrogen-bond acceptors (Lipinski definition) is 1. The highest BCUT2D eigenvalue weighted by Gasteiger charge is 2.24. The lowest BCUT2D eigenvalue weighted by atomic mass is 9.78. The van der Waals surface area contributed by atoms with Crippen molar-refractivity contribution in [2.75, 3.05) is 0 Å². The number of hydrogen-bond donors (Lipinski definition) is 1. The van der Waals surface area contributed by atoms with E-state index in [4.69, 9.17) is 0 Å². The third kappa shape index (κ3) is 1.72. The predicted octanol–water partition coefficient (Wildman–Crippen LogP) is 2.19. The van der Waals surface area contributed by atoms with Gasteiger partial charge in [-0.05, 0) is 31.1 Å². The van der Waals surface area contributed by atoms with E-state index in [1.165, 1.54) is 12.8 Å². The molecule has 10 heavy (non-hydrogen) atoms. The summed E-state index contributed by atoms with van der Waals surface area (Å²) < 4.78 is 0. The van der Waals surface area contributed by atoms with Crippen LogP contribution in [0.3, 0.4) is 0 Å². The molecule has 1 rings (SSSR count). The van der Waals surface area contributed by atoms with Crippen LogP contribution >= 0.6 is 0 Å². The molecule has 3 unspecified atom stereocenters. The van der Waals surface area contributed by atoms with Gasteiger partial charge in [0.25, 0.3) is 0 Å². The van der Waals surface area contributed by atoms with E-state index in [0.717, 1.165) is 24.7 Å². The Morgan fingerprint density at radius 3 is 2.60 bits per heavy atom. The van der Waals surface area contributed by atoms with Gasteiger partial charge < -0.3 is 5.11 Å². The number of aliphatic hydroxyl groups excluding tert-OH is 1. The molecule has 0 aromatic carbocycles. The first-order valence-corrected chi connectivity index (χ1v) is 4.42. The molecular formula is C9H18O. The smallest absolute Gasteiger partial charge is 0.0543 e.